The highest BCUT2D eigenvalue weighted by atomic mass is 35.5. The van der Waals surface area contributed by atoms with Crippen molar-refractivity contribution < 1.29 is 14.6 Å². The molecule has 0 aliphatic carbocycles. The van der Waals surface area contributed by atoms with E-state index in [1.54, 1.807) is 12.1 Å². The van der Waals surface area contributed by atoms with Gasteiger partial charge >= 0.3 is 5.97 Å². The number of nitrogens with one attached hydrogen (secondary N) is 1. The minimum absolute atomic E-state index is 0.309. The molecule has 1 aromatic rings. The molecule has 0 aromatic heterocycles. The van der Waals surface area contributed by atoms with Gasteiger partial charge in [-0.05, 0) is 36.1 Å². The molecule has 120 valence electrons. The van der Waals surface area contributed by atoms with Gasteiger partial charge in [0.2, 0.25) is 0 Å². The van der Waals surface area contributed by atoms with E-state index in [1.807, 2.05) is 19.9 Å². The van der Waals surface area contributed by atoms with Crippen molar-refractivity contribution >= 4 is 35.2 Å². The van der Waals surface area contributed by atoms with Gasteiger partial charge in [0.05, 0.1) is 5.02 Å². The maximum absolute atomic E-state index is 11.2. The third-order valence-electron chi connectivity index (χ3n) is 3.38. The van der Waals surface area contributed by atoms with Gasteiger partial charge in [-0.25, -0.2) is 0 Å². The number of carbonyl (C=O) groups is 1. The standard InChI is InChI=1S/C16H19Cl2NO3/c1-9(2)3-14(16(20)21)19-7-10-4-11-5-12(17)6-13(18)15(11)22-8-10/h4-6,9,14,19H,3,7-8H2,1-2H3,(H,20,21)/t14-/m0/s1. The van der Waals surface area contributed by atoms with E-state index in [0.717, 1.165) is 11.1 Å². The van der Waals surface area contributed by atoms with E-state index >= 15 is 0 Å². The topological polar surface area (TPSA) is 58.6 Å². The van der Waals surface area contributed by atoms with Crippen LogP contribution in [0.15, 0.2) is 17.7 Å². The third-order valence-corrected chi connectivity index (χ3v) is 3.88. The van der Waals surface area contributed by atoms with Crippen LogP contribution in [0.1, 0.15) is 25.8 Å². The van der Waals surface area contributed by atoms with Crippen molar-refractivity contribution in [2.45, 2.75) is 26.3 Å². The highest BCUT2D eigenvalue weighted by Gasteiger charge is 2.20. The number of carboxylic acid groups (broad SMARTS) is 1. The molecule has 0 spiro atoms. The van der Waals surface area contributed by atoms with Crippen LogP contribution in [0.25, 0.3) is 6.08 Å². The van der Waals surface area contributed by atoms with Crippen molar-refractivity contribution in [1.82, 2.24) is 5.32 Å². The molecule has 2 rings (SSSR count). The van der Waals surface area contributed by atoms with Crippen molar-refractivity contribution in [3.63, 3.8) is 0 Å². The first-order valence-corrected chi connectivity index (χ1v) is 7.90. The Morgan fingerprint density at radius 2 is 2.14 bits per heavy atom. The molecule has 4 nitrogen and oxygen atoms in total. The van der Waals surface area contributed by atoms with Crippen LogP contribution in [0, 0.1) is 5.92 Å². The Balaban J connectivity index is 2.07. The summed E-state index contributed by atoms with van der Waals surface area (Å²) in [6.07, 6.45) is 2.52. The number of benzene rings is 1. The first-order valence-electron chi connectivity index (χ1n) is 7.14. The normalized spacial score (nSPS) is 15.0. The van der Waals surface area contributed by atoms with Crippen molar-refractivity contribution in [2.75, 3.05) is 13.2 Å². The van der Waals surface area contributed by atoms with Crippen LogP contribution in [0.3, 0.4) is 0 Å². The Morgan fingerprint density at radius 1 is 1.41 bits per heavy atom. The van der Waals surface area contributed by atoms with Crippen molar-refractivity contribution in [3.8, 4) is 5.75 Å². The molecule has 1 heterocycles. The summed E-state index contributed by atoms with van der Waals surface area (Å²) in [5.41, 5.74) is 1.78. The molecule has 6 heteroatoms. The van der Waals surface area contributed by atoms with Gasteiger partial charge in [-0.1, -0.05) is 37.0 Å². The van der Waals surface area contributed by atoms with E-state index < -0.39 is 12.0 Å². The van der Waals surface area contributed by atoms with Crippen molar-refractivity contribution in [3.05, 3.63) is 33.3 Å². The quantitative estimate of drug-likeness (QED) is 0.823. The lowest BCUT2D eigenvalue weighted by atomic mass is 10.0. The Morgan fingerprint density at radius 3 is 2.77 bits per heavy atom. The summed E-state index contributed by atoms with van der Waals surface area (Å²) in [7, 11) is 0. The van der Waals surface area contributed by atoms with Crippen LogP contribution >= 0.6 is 23.2 Å². The fourth-order valence-electron chi connectivity index (χ4n) is 2.37. The Labute approximate surface area is 140 Å². The van der Waals surface area contributed by atoms with Crippen LogP contribution in [-0.2, 0) is 4.79 Å². The zero-order valence-corrected chi connectivity index (χ0v) is 14.0. The fourth-order valence-corrected chi connectivity index (χ4v) is 2.93. The van der Waals surface area contributed by atoms with Gasteiger partial charge in [-0.2, -0.15) is 0 Å². The van der Waals surface area contributed by atoms with E-state index in [9.17, 15) is 9.90 Å². The second-order valence-corrected chi connectivity index (χ2v) is 6.64. The fraction of sp³-hybridized carbons (Fsp3) is 0.438. The monoisotopic (exact) mass is 343 g/mol. The number of hydrogen-bond acceptors (Lipinski definition) is 3. The zero-order chi connectivity index (χ0) is 16.3. The van der Waals surface area contributed by atoms with Gasteiger partial charge in [0.15, 0.2) is 0 Å². The van der Waals surface area contributed by atoms with E-state index in [0.29, 0.717) is 41.3 Å². The number of halogens is 2. The summed E-state index contributed by atoms with van der Waals surface area (Å²) < 4.78 is 5.65. The van der Waals surface area contributed by atoms with Crippen molar-refractivity contribution in [1.29, 1.82) is 0 Å². The lowest BCUT2D eigenvalue weighted by Gasteiger charge is -2.22. The minimum Gasteiger partial charge on any atom is -0.487 e. The van der Waals surface area contributed by atoms with Gasteiger partial charge in [-0.15, -0.1) is 0 Å². The Kier molecular flexibility index (Phi) is 5.73. The van der Waals surface area contributed by atoms with Crippen LogP contribution in [0.4, 0.5) is 0 Å². The first kappa shape index (κ1) is 17.1. The molecule has 1 aliphatic heterocycles. The minimum atomic E-state index is -0.836. The summed E-state index contributed by atoms with van der Waals surface area (Å²) in [4.78, 5) is 11.2. The zero-order valence-electron chi connectivity index (χ0n) is 12.5. The molecule has 22 heavy (non-hydrogen) atoms. The second-order valence-electron chi connectivity index (χ2n) is 5.80. The van der Waals surface area contributed by atoms with Gasteiger partial charge < -0.3 is 15.2 Å². The van der Waals surface area contributed by atoms with Crippen LogP contribution in [0.5, 0.6) is 5.75 Å². The summed E-state index contributed by atoms with van der Waals surface area (Å²) >= 11 is 12.1. The summed E-state index contributed by atoms with van der Waals surface area (Å²) in [6.45, 7) is 4.84. The van der Waals surface area contributed by atoms with E-state index in [4.69, 9.17) is 27.9 Å². The van der Waals surface area contributed by atoms with Crippen molar-refractivity contribution in [2.24, 2.45) is 5.92 Å². The molecule has 0 saturated carbocycles. The molecule has 0 saturated heterocycles. The Hall–Kier alpha value is -1.23. The lowest BCUT2D eigenvalue weighted by Crippen LogP contribution is -2.39. The number of hydrogen-bond donors (Lipinski definition) is 2. The van der Waals surface area contributed by atoms with E-state index in [-0.39, 0.29) is 0 Å². The molecular formula is C16H19Cl2NO3. The van der Waals surface area contributed by atoms with Gasteiger partial charge in [0.25, 0.3) is 0 Å². The SMILES string of the molecule is CC(C)C[C@H](NCC1=Cc2cc(Cl)cc(Cl)c2OC1)C(=O)O. The predicted octanol–water partition coefficient (Wildman–Crippen LogP) is 3.86. The second kappa shape index (κ2) is 7.36. The molecule has 0 unspecified atom stereocenters. The molecule has 0 amide bonds. The summed E-state index contributed by atoms with van der Waals surface area (Å²) in [6, 6.07) is 2.86. The summed E-state index contributed by atoms with van der Waals surface area (Å²) in [5.74, 6) is 0.0906. The predicted molar refractivity (Wildman–Crippen MR) is 88.8 cm³/mol. The number of carboxylic acids is 1. The van der Waals surface area contributed by atoms with E-state index in [2.05, 4.69) is 5.32 Å². The maximum atomic E-state index is 11.2. The summed E-state index contributed by atoms with van der Waals surface area (Å²) in [5, 5.41) is 13.3. The van der Waals surface area contributed by atoms with Gasteiger partial charge in [0.1, 0.15) is 18.4 Å². The molecule has 1 atom stereocenters. The van der Waals surface area contributed by atoms with Gasteiger partial charge in [0, 0.05) is 17.1 Å². The molecule has 1 aromatic carbocycles. The van der Waals surface area contributed by atoms with Crippen LogP contribution < -0.4 is 10.1 Å². The number of rotatable bonds is 6. The molecule has 1 aliphatic rings. The van der Waals surface area contributed by atoms with E-state index in [1.165, 1.54) is 0 Å². The smallest absolute Gasteiger partial charge is 0.320 e. The average Bonchev–Trinajstić information content (AvgIpc) is 2.42. The highest BCUT2D eigenvalue weighted by Crippen LogP contribution is 2.36. The molecule has 0 bridgehead atoms. The molecular weight excluding hydrogens is 325 g/mol. The maximum Gasteiger partial charge on any atom is 0.320 e. The Bertz CT molecular complexity index is 599. The average molecular weight is 344 g/mol. The highest BCUT2D eigenvalue weighted by molar-refractivity contribution is 6.36. The molecule has 2 N–H and O–H groups in total. The third kappa shape index (κ3) is 4.38. The van der Waals surface area contributed by atoms with Crippen LogP contribution in [0.2, 0.25) is 10.0 Å². The largest absolute Gasteiger partial charge is 0.487 e. The molecule has 0 radical (unpaired) electrons. The van der Waals surface area contributed by atoms with Gasteiger partial charge in [-0.3, -0.25) is 4.79 Å². The van der Waals surface area contributed by atoms with Crippen LogP contribution in [-0.4, -0.2) is 30.3 Å². The lowest BCUT2D eigenvalue weighted by molar-refractivity contribution is -0.139. The molecule has 0 fully saturated rings. The number of aliphatic carboxylic acids is 1. The number of ether oxygens (including phenoxy) is 1. The first-order chi connectivity index (χ1) is 10.4. The number of fused-ring (bicyclic) bond motifs is 1.